The van der Waals surface area contributed by atoms with Crippen LogP contribution in [-0.4, -0.2) is 37.2 Å². The van der Waals surface area contributed by atoms with Crippen molar-refractivity contribution in [1.82, 2.24) is 0 Å². The molecule has 1 unspecified atom stereocenters. The number of halogens is 1. The molecule has 0 bridgehead atoms. The Bertz CT molecular complexity index is 309. The van der Waals surface area contributed by atoms with Crippen molar-refractivity contribution in [2.75, 3.05) is 6.61 Å². The van der Waals surface area contributed by atoms with E-state index < -0.39 is 0 Å². The molecule has 3 nitrogen and oxygen atoms in total. The molecule has 1 aliphatic rings. The van der Waals surface area contributed by atoms with Gasteiger partial charge in [0.2, 0.25) is 0 Å². The Labute approximate surface area is 137 Å². The SMILES string of the molecule is C/C(=C\I)[C@@H]1O[C@H](CCO[B]PS)[C@H](C)[C@H](O)[C@H]1C. The number of hydrogen-bond donors (Lipinski definition) is 2. The highest BCUT2D eigenvalue weighted by Gasteiger charge is 2.40. The normalized spacial score (nSPS) is 36.9. The van der Waals surface area contributed by atoms with E-state index in [-0.39, 0.29) is 30.1 Å². The first-order valence-electron chi connectivity index (χ1n) is 6.46. The molecular formula is C12H22BIO3PS. The van der Waals surface area contributed by atoms with Gasteiger partial charge < -0.3 is 14.5 Å². The van der Waals surface area contributed by atoms with Crippen LogP contribution in [-0.2, 0) is 9.39 Å². The van der Waals surface area contributed by atoms with E-state index in [4.69, 9.17) is 9.39 Å². The molecule has 1 fully saturated rings. The first kappa shape index (κ1) is 18.2. The molecule has 0 saturated carbocycles. The first-order valence-corrected chi connectivity index (χ1v) is 10.1. The summed E-state index contributed by atoms with van der Waals surface area (Å²) in [6, 6.07) is 0. The lowest BCUT2D eigenvalue weighted by Crippen LogP contribution is -2.49. The molecule has 1 N–H and O–H groups in total. The Kier molecular flexibility index (Phi) is 8.89. The molecule has 0 aromatic heterocycles. The maximum Gasteiger partial charge on any atom is 0.332 e. The number of rotatable bonds is 6. The predicted molar refractivity (Wildman–Crippen MR) is 94.4 cm³/mol. The monoisotopic (exact) mass is 415 g/mol. The molecule has 1 rings (SSSR count). The van der Waals surface area contributed by atoms with Crippen molar-refractivity contribution < 1.29 is 14.5 Å². The summed E-state index contributed by atoms with van der Waals surface area (Å²) in [5.74, 6) is 0.263. The third-order valence-corrected chi connectivity index (χ3v) is 5.31. The molecule has 0 amide bonds. The fourth-order valence-electron chi connectivity index (χ4n) is 2.51. The van der Waals surface area contributed by atoms with Gasteiger partial charge in [-0.05, 0) is 23.0 Å². The van der Waals surface area contributed by atoms with Crippen LogP contribution >= 0.6 is 42.5 Å². The summed E-state index contributed by atoms with van der Waals surface area (Å²) in [4.78, 5) is 0. The smallest absolute Gasteiger partial charge is 0.332 e. The van der Waals surface area contributed by atoms with Crippen molar-refractivity contribution in [3.8, 4) is 0 Å². The third-order valence-electron chi connectivity index (χ3n) is 3.74. The van der Waals surface area contributed by atoms with Crippen LogP contribution < -0.4 is 0 Å². The molecule has 1 radical (unpaired) electrons. The molecule has 7 heteroatoms. The minimum Gasteiger partial charge on any atom is -0.434 e. The Balaban J connectivity index is 2.60. The number of aliphatic hydroxyl groups is 1. The summed E-state index contributed by atoms with van der Waals surface area (Å²) in [6.45, 7) is 6.77. The second-order valence-electron chi connectivity index (χ2n) is 5.06. The maximum atomic E-state index is 10.4. The largest absolute Gasteiger partial charge is 0.434 e. The summed E-state index contributed by atoms with van der Waals surface area (Å²) >= 11 is 6.31. The van der Waals surface area contributed by atoms with Crippen molar-refractivity contribution in [3.05, 3.63) is 9.66 Å². The van der Waals surface area contributed by atoms with E-state index in [1.165, 1.54) is 5.57 Å². The lowest BCUT2D eigenvalue weighted by Gasteiger charge is -2.43. The van der Waals surface area contributed by atoms with Crippen LogP contribution in [0.3, 0.4) is 0 Å². The van der Waals surface area contributed by atoms with Gasteiger partial charge in [-0.25, -0.2) is 0 Å². The highest BCUT2D eigenvalue weighted by molar-refractivity contribution is 14.1. The predicted octanol–water partition coefficient (Wildman–Crippen LogP) is 3.19. The van der Waals surface area contributed by atoms with Crippen molar-refractivity contribution in [3.63, 3.8) is 0 Å². The minimum absolute atomic E-state index is 0.00355. The molecule has 1 aliphatic heterocycles. The topological polar surface area (TPSA) is 38.7 Å². The average Bonchev–Trinajstić information content (AvgIpc) is 2.42. The number of ether oxygens (including phenoxy) is 1. The molecule has 0 aromatic rings. The van der Waals surface area contributed by atoms with Gasteiger partial charge >= 0.3 is 7.20 Å². The second-order valence-corrected chi connectivity index (χ2v) is 6.95. The second kappa shape index (κ2) is 9.26. The molecular weight excluding hydrogens is 393 g/mol. The van der Waals surface area contributed by atoms with E-state index in [9.17, 15) is 5.11 Å². The van der Waals surface area contributed by atoms with Crippen LogP contribution in [0.4, 0.5) is 0 Å². The van der Waals surface area contributed by atoms with Crippen LogP contribution in [0, 0.1) is 11.8 Å². The van der Waals surface area contributed by atoms with Gasteiger partial charge in [0.05, 0.1) is 18.3 Å². The average molecular weight is 415 g/mol. The van der Waals surface area contributed by atoms with Gasteiger partial charge in [-0.1, -0.05) is 44.1 Å². The summed E-state index contributed by atoms with van der Waals surface area (Å²) in [5.41, 5.74) is 1.17. The van der Waals surface area contributed by atoms with Gasteiger partial charge in [0.1, 0.15) is 0 Å². The minimum atomic E-state index is -0.328. The van der Waals surface area contributed by atoms with Gasteiger partial charge in [-0.15, -0.1) is 0 Å². The van der Waals surface area contributed by atoms with E-state index in [0.717, 1.165) is 6.42 Å². The summed E-state index contributed by atoms with van der Waals surface area (Å²) < 4.78 is 13.6. The number of aliphatic hydroxyl groups excluding tert-OH is 1. The quantitative estimate of drug-likeness (QED) is 0.230. The lowest BCUT2D eigenvalue weighted by atomic mass is 9.80. The lowest BCUT2D eigenvalue weighted by molar-refractivity contribution is -0.153. The standard InChI is InChI=1S/C12H22BIO3PS/c1-7(6-14)12-9(3)11(15)8(2)10(17-12)4-5-16-13-18-19/h6,8-12,15,18-19H,4-5H2,1-3H3/b7-6+/t8-,9+,10+,11-,12-/m0/s1. The molecule has 19 heavy (non-hydrogen) atoms. The Morgan fingerprint density at radius 1 is 1.53 bits per heavy atom. The van der Waals surface area contributed by atoms with Gasteiger partial charge in [-0.2, -0.15) is 12.2 Å². The molecule has 6 atom stereocenters. The third kappa shape index (κ3) is 5.15. The van der Waals surface area contributed by atoms with Gasteiger partial charge in [0.15, 0.2) is 0 Å². The zero-order valence-corrected chi connectivity index (χ0v) is 15.6. The van der Waals surface area contributed by atoms with Crippen molar-refractivity contribution in [2.45, 2.75) is 45.5 Å². The highest BCUT2D eigenvalue weighted by Crippen LogP contribution is 2.35. The van der Waals surface area contributed by atoms with Crippen LogP contribution in [0.25, 0.3) is 0 Å². The van der Waals surface area contributed by atoms with Crippen LogP contribution in [0.2, 0.25) is 0 Å². The maximum absolute atomic E-state index is 10.4. The molecule has 0 aliphatic carbocycles. The molecule has 109 valence electrons. The number of thiol groups is 1. The fourth-order valence-corrected chi connectivity index (χ4v) is 3.28. The Morgan fingerprint density at radius 3 is 2.79 bits per heavy atom. The van der Waals surface area contributed by atoms with Gasteiger partial charge in [-0.3, -0.25) is 0 Å². The van der Waals surface area contributed by atoms with Gasteiger partial charge in [0, 0.05) is 18.4 Å². The molecule has 0 spiro atoms. The van der Waals surface area contributed by atoms with E-state index in [0.29, 0.717) is 14.3 Å². The van der Waals surface area contributed by atoms with Crippen molar-refractivity contribution in [2.24, 2.45) is 11.8 Å². The zero-order valence-electron chi connectivity index (χ0n) is 11.5. The Morgan fingerprint density at radius 2 is 2.21 bits per heavy atom. The fraction of sp³-hybridized carbons (Fsp3) is 0.833. The zero-order chi connectivity index (χ0) is 14.4. The summed E-state index contributed by atoms with van der Waals surface area (Å²) in [7, 11) is 2.11. The Hall–Kier alpha value is 1.19. The van der Waals surface area contributed by atoms with Crippen LogP contribution in [0.5, 0.6) is 0 Å². The van der Waals surface area contributed by atoms with E-state index >= 15 is 0 Å². The summed E-state index contributed by atoms with van der Waals surface area (Å²) in [5, 5.41) is 10.4. The van der Waals surface area contributed by atoms with Crippen molar-refractivity contribution >= 4 is 49.7 Å². The van der Waals surface area contributed by atoms with Crippen LogP contribution in [0.1, 0.15) is 27.2 Å². The first-order chi connectivity index (χ1) is 9.02. The molecule has 0 aromatic carbocycles. The summed E-state index contributed by atoms with van der Waals surface area (Å²) in [6.07, 6.45) is 0.513. The van der Waals surface area contributed by atoms with Gasteiger partial charge in [0.25, 0.3) is 0 Å². The van der Waals surface area contributed by atoms with E-state index in [1.807, 2.05) is 4.08 Å². The molecule has 1 saturated heterocycles. The van der Waals surface area contributed by atoms with Crippen LogP contribution in [0.15, 0.2) is 9.66 Å². The highest BCUT2D eigenvalue weighted by atomic mass is 127. The van der Waals surface area contributed by atoms with Crippen molar-refractivity contribution in [1.29, 1.82) is 0 Å². The van der Waals surface area contributed by atoms with E-state index in [2.05, 4.69) is 55.6 Å². The van der Waals surface area contributed by atoms with E-state index in [1.54, 1.807) is 7.20 Å². The number of hydrogen-bond acceptors (Lipinski definition) is 4. The molecule has 1 heterocycles.